The zero-order valence-electron chi connectivity index (χ0n) is 14.5. The van der Waals surface area contributed by atoms with Gasteiger partial charge in [-0.25, -0.2) is 9.59 Å². The van der Waals surface area contributed by atoms with Gasteiger partial charge in [0.1, 0.15) is 5.60 Å². The molecule has 0 aliphatic rings. The summed E-state index contributed by atoms with van der Waals surface area (Å²) in [7, 11) is 0. The minimum Gasteiger partial charge on any atom is -0.444 e. The lowest BCUT2D eigenvalue weighted by Crippen LogP contribution is -2.45. The van der Waals surface area contributed by atoms with Gasteiger partial charge in [0.2, 0.25) is 0 Å². The first-order valence-electron chi connectivity index (χ1n) is 7.76. The molecule has 0 saturated carbocycles. The fraction of sp³-hybridized carbons (Fsp3) is 0.529. The second-order valence-electron chi connectivity index (χ2n) is 6.62. The molecule has 3 N–H and O–H groups in total. The van der Waals surface area contributed by atoms with E-state index in [2.05, 4.69) is 16.0 Å². The first-order valence-corrected chi connectivity index (χ1v) is 7.76. The van der Waals surface area contributed by atoms with E-state index >= 15 is 0 Å². The molecule has 0 spiro atoms. The SMILES string of the molecule is CC(C)NC(=O)NC(CNC(=O)OC(C)(C)C)c1ccccc1. The molecule has 6 nitrogen and oxygen atoms in total. The summed E-state index contributed by atoms with van der Waals surface area (Å²) in [5, 5.41) is 8.33. The van der Waals surface area contributed by atoms with E-state index in [0.717, 1.165) is 5.56 Å². The maximum absolute atomic E-state index is 11.9. The van der Waals surface area contributed by atoms with Crippen LogP contribution in [0.2, 0.25) is 0 Å². The van der Waals surface area contributed by atoms with E-state index in [0.29, 0.717) is 0 Å². The summed E-state index contributed by atoms with van der Waals surface area (Å²) < 4.78 is 5.22. The van der Waals surface area contributed by atoms with E-state index in [9.17, 15) is 9.59 Å². The number of nitrogens with one attached hydrogen (secondary N) is 3. The van der Waals surface area contributed by atoms with Crippen LogP contribution in [-0.2, 0) is 4.74 Å². The Balaban J connectivity index is 2.69. The zero-order chi connectivity index (χ0) is 17.5. The standard InChI is InChI=1S/C17H27N3O3/c1-12(2)19-15(21)20-14(13-9-7-6-8-10-13)11-18-16(22)23-17(3,4)5/h6-10,12,14H,11H2,1-5H3,(H,18,22)(H2,19,20,21). The maximum Gasteiger partial charge on any atom is 0.407 e. The molecular weight excluding hydrogens is 294 g/mol. The van der Waals surface area contributed by atoms with Crippen LogP contribution in [0.4, 0.5) is 9.59 Å². The Morgan fingerprint density at radius 1 is 1.09 bits per heavy atom. The van der Waals surface area contributed by atoms with Crippen LogP contribution in [0, 0.1) is 0 Å². The molecule has 1 aromatic rings. The van der Waals surface area contributed by atoms with Crippen molar-refractivity contribution < 1.29 is 14.3 Å². The lowest BCUT2D eigenvalue weighted by molar-refractivity contribution is 0.0522. The van der Waals surface area contributed by atoms with Gasteiger partial charge in [0.15, 0.2) is 0 Å². The average molecular weight is 321 g/mol. The zero-order valence-corrected chi connectivity index (χ0v) is 14.5. The molecule has 0 aromatic heterocycles. The van der Waals surface area contributed by atoms with E-state index in [-0.39, 0.29) is 24.7 Å². The molecule has 0 aliphatic heterocycles. The van der Waals surface area contributed by atoms with Gasteiger partial charge in [0, 0.05) is 12.6 Å². The Morgan fingerprint density at radius 2 is 1.70 bits per heavy atom. The maximum atomic E-state index is 11.9. The van der Waals surface area contributed by atoms with Crippen LogP contribution in [0.15, 0.2) is 30.3 Å². The van der Waals surface area contributed by atoms with Crippen molar-refractivity contribution in [2.24, 2.45) is 0 Å². The Kier molecular flexibility index (Phi) is 6.88. The summed E-state index contributed by atoms with van der Waals surface area (Å²) in [6, 6.07) is 8.88. The molecule has 1 aromatic carbocycles. The Hall–Kier alpha value is -2.24. The van der Waals surface area contributed by atoms with Crippen LogP contribution in [0.25, 0.3) is 0 Å². The van der Waals surface area contributed by atoms with Crippen LogP contribution in [-0.4, -0.2) is 30.3 Å². The summed E-state index contributed by atoms with van der Waals surface area (Å²) in [6.45, 7) is 9.41. The quantitative estimate of drug-likeness (QED) is 0.780. The molecule has 1 atom stereocenters. The van der Waals surface area contributed by atoms with Crippen molar-refractivity contribution >= 4 is 12.1 Å². The van der Waals surface area contributed by atoms with Crippen molar-refractivity contribution in [3.8, 4) is 0 Å². The van der Waals surface area contributed by atoms with Crippen molar-refractivity contribution in [2.45, 2.75) is 52.3 Å². The van der Waals surface area contributed by atoms with E-state index in [1.165, 1.54) is 0 Å². The first-order chi connectivity index (χ1) is 10.7. The molecule has 0 aliphatic carbocycles. The Labute approximate surface area is 138 Å². The summed E-state index contributed by atoms with van der Waals surface area (Å²) in [5.41, 5.74) is 0.344. The third kappa shape index (κ3) is 8.09. The summed E-state index contributed by atoms with van der Waals surface area (Å²) in [6.07, 6.45) is -0.510. The van der Waals surface area contributed by atoms with Crippen LogP contribution in [0.3, 0.4) is 0 Å². The number of amides is 3. The molecule has 1 rings (SSSR count). The Bertz CT molecular complexity index is 510. The smallest absolute Gasteiger partial charge is 0.407 e. The molecule has 3 amide bonds. The van der Waals surface area contributed by atoms with Gasteiger partial charge < -0.3 is 20.7 Å². The van der Waals surface area contributed by atoms with Gasteiger partial charge in [-0.2, -0.15) is 0 Å². The predicted molar refractivity (Wildman–Crippen MR) is 90.2 cm³/mol. The van der Waals surface area contributed by atoms with Crippen molar-refractivity contribution in [1.82, 2.24) is 16.0 Å². The highest BCUT2D eigenvalue weighted by Gasteiger charge is 2.19. The molecule has 0 fully saturated rings. The van der Waals surface area contributed by atoms with Gasteiger partial charge in [0.25, 0.3) is 0 Å². The molecule has 1 unspecified atom stereocenters. The van der Waals surface area contributed by atoms with E-state index < -0.39 is 11.7 Å². The van der Waals surface area contributed by atoms with E-state index in [1.54, 1.807) is 20.8 Å². The number of carbonyl (C=O) groups is 2. The number of ether oxygens (including phenoxy) is 1. The van der Waals surface area contributed by atoms with Gasteiger partial charge >= 0.3 is 12.1 Å². The van der Waals surface area contributed by atoms with Gasteiger partial charge in [-0.1, -0.05) is 30.3 Å². The second-order valence-corrected chi connectivity index (χ2v) is 6.62. The minimum absolute atomic E-state index is 0.0326. The molecule has 0 bridgehead atoms. The molecular formula is C17H27N3O3. The van der Waals surface area contributed by atoms with Crippen LogP contribution >= 0.6 is 0 Å². The van der Waals surface area contributed by atoms with Crippen molar-refractivity contribution in [2.75, 3.05) is 6.54 Å². The third-order valence-electron chi connectivity index (χ3n) is 2.78. The predicted octanol–water partition coefficient (Wildman–Crippen LogP) is 2.96. The lowest BCUT2D eigenvalue weighted by atomic mass is 10.1. The number of rotatable bonds is 5. The van der Waals surface area contributed by atoms with Crippen LogP contribution < -0.4 is 16.0 Å². The highest BCUT2D eigenvalue weighted by Crippen LogP contribution is 2.12. The van der Waals surface area contributed by atoms with Gasteiger partial charge in [-0.3, -0.25) is 0 Å². The molecule has 0 radical (unpaired) electrons. The summed E-state index contributed by atoms with van der Waals surface area (Å²) in [4.78, 5) is 23.7. The molecule has 128 valence electrons. The first kappa shape index (κ1) is 18.8. The summed E-state index contributed by atoms with van der Waals surface area (Å²) >= 11 is 0. The second kappa shape index (κ2) is 8.41. The van der Waals surface area contributed by atoms with Crippen molar-refractivity contribution in [1.29, 1.82) is 0 Å². The number of urea groups is 1. The highest BCUT2D eigenvalue weighted by molar-refractivity contribution is 5.75. The van der Waals surface area contributed by atoms with E-state index in [1.807, 2.05) is 44.2 Å². The number of hydrogen-bond donors (Lipinski definition) is 3. The number of hydrogen-bond acceptors (Lipinski definition) is 3. The molecule has 23 heavy (non-hydrogen) atoms. The summed E-state index contributed by atoms with van der Waals surface area (Å²) in [5.74, 6) is 0. The monoisotopic (exact) mass is 321 g/mol. The van der Waals surface area contributed by atoms with Gasteiger partial charge in [-0.05, 0) is 40.2 Å². The number of carbonyl (C=O) groups excluding carboxylic acids is 2. The largest absolute Gasteiger partial charge is 0.444 e. The third-order valence-corrected chi connectivity index (χ3v) is 2.78. The fourth-order valence-corrected chi connectivity index (χ4v) is 1.90. The lowest BCUT2D eigenvalue weighted by Gasteiger charge is -2.23. The van der Waals surface area contributed by atoms with Crippen LogP contribution in [0.1, 0.15) is 46.2 Å². The van der Waals surface area contributed by atoms with Gasteiger partial charge in [-0.15, -0.1) is 0 Å². The molecule has 6 heteroatoms. The minimum atomic E-state index is -0.561. The van der Waals surface area contributed by atoms with E-state index in [4.69, 9.17) is 4.74 Å². The topological polar surface area (TPSA) is 79.5 Å². The fourth-order valence-electron chi connectivity index (χ4n) is 1.90. The normalized spacial score (nSPS) is 12.4. The Morgan fingerprint density at radius 3 is 2.22 bits per heavy atom. The molecule has 0 heterocycles. The number of benzene rings is 1. The average Bonchev–Trinajstić information content (AvgIpc) is 2.41. The number of alkyl carbamates (subject to hydrolysis) is 1. The molecule has 0 saturated heterocycles. The van der Waals surface area contributed by atoms with Crippen LogP contribution in [0.5, 0.6) is 0 Å². The van der Waals surface area contributed by atoms with Crippen molar-refractivity contribution in [3.05, 3.63) is 35.9 Å². The highest BCUT2D eigenvalue weighted by atomic mass is 16.6. The van der Waals surface area contributed by atoms with Crippen molar-refractivity contribution in [3.63, 3.8) is 0 Å². The van der Waals surface area contributed by atoms with Gasteiger partial charge in [0.05, 0.1) is 6.04 Å².